The summed E-state index contributed by atoms with van der Waals surface area (Å²) in [5.41, 5.74) is 2.36. The van der Waals surface area contributed by atoms with Crippen molar-refractivity contribution in [2.24, 2.45) is 0 Å². The van der Waals surface area contributed by atoms with Gasteiger partial charge >= 0.3 is 0 Å². The molecule has 0 aromatic heterocycles. The van der Waals surface area contributed by atoms with E-state index in [2.05, 4.69) is 5.32 Å². The number of sulfonamides is 1. The Labute approximate surface area is 182 Å². The third-order valence-electron chi connectivity index (χ3n) is 5.22. The van der Waals surface area contributed by atoms with Crippen molar-refractivity contribution in [1.29, 1.82) is 0 Å². The van der Waals surface area contributed by atoms with Crippen molar-refractivity contribution >= 4 is 38.1 Å². The van der Waals surface area contributed by atoms with Crippen molar-refractivity contribution in [3.05, 3.63) is 102 Å². The van der Waals surface area contributed by atoms with Crippen molar-refractivity contribution < 1.29 is 13.2 Å². The quantitative estimate of drug-likeness (QED) is 0.472. The van der Waals surface area contributed by atoms with E-state index in [0.717, 1.165) is 16.3 Å². The molecule has 1 amide bonds. The summed E-state index contributed by atoms with van der Waals surface area (Å²) in [6.07, 6.45) is 0. The van der Waals surface area contributed by atoms with Crippen molar-refractivity contribution in [3.63, 3.8) is 0 Å². The Bertz CT molecular complexity index is 1380. The summed E-state index contributed by atoms with van der Waals surface area (Å²) >= 11 is 0. The highest BCUT2D eigenvalue weighted by molar-refractivity contribution is 7.92. The van der Waals surface area contributed by atoms with Crippen LogP contribution in [0, 0.1) is 6.92 Å². The lowest BCUT2D eigenvalue weighted by atomic mass is 10.1. The molecule has 5 nitrogen and oxygen atoms in total. The zero-order valence-corrected chi connectivity index (χ0v) is 18.1. The zero-order chi connectivity index (χ0) is 22.0. The Morgan fingerprint density at radius 1 is 0.806 bits per heavy atom. The number of fused-ring (bicyclic) bond motifs is 1. The molecule has 0 saturated carbocycles. The Balaban J connectivity index is 1.61. The highest BCUT2D eigenvalue weighted by Crippen LogP contribution is 2.26. The molecule has 4 aromatic carbocycles. The number of benzene rings is 4. The summed E-state index contributed by atoms with van der Waals surface area (Å²) in [5, 5.41) is 4.94. The molecule has 0 fully saturated rings. The Hall–Kier alpha value is -3.64. The highest BCUT2D eigenvalue weighted by atomic mass is 32.2. The van der Waals surface area contributed by atoms with Gasteiger partial charge in [-0.1, -0.05) is 54.6 Å². The van der Waals surface area contributed by atoms with Crippen molar-refractivity contribution in [2.45, 2.75) is 11.8 Å². The SMILES string of the molecule is Cc1ccccc1N(C)S(=O)(=O)c1cccc(C(=O)Nc2ccc3ccccc3c2)c1. The molecule has 6 heteroatoms. The van der Waals surface area contributed by atoms with Crippen molar-refractivity contribution in [1.82, 2.24) is 0 Å². The van der Waals surface area contributed by atoms with Gasteiger partial charge in [0, 0.05) is 18.3 Å². The summed E-state index contributed by atoms with van der Waals surface area (Å²) in [6, 6.07) is 26.9. The van der Waals surface area contributed by atoms with Gasteiger partial charge in [-0.2, -0.15) is 0 Å². The van der Waals surface area contributed by atoms with Crippen LogP contribution in [0.15, 0.2) is 95.9 Å². The second-order valence-corrected chi connectivity index (χ2v) is 9.27. The molecule has 0 aliphatic heterocycles. The van der Waals surface area contributed by atoms with Crippen molar-refractivity contribution in [3.8, 4) is 0 Å². The van der Waals surface area contributed by atoms with Gasteiger partial charge in [-0.05, 0) is 59.7 Å². The average molecular weight is 431 g/mol. The van der Waals surface area contributed by atoms with Gasteiger partial charge in [0.1, 0.15) is 0 Å². The van der Waals surface area contributed by atoms with E-state index < -0.39 is 10.0 Å². The van der Waals surface area contributed by atoms with E-state index in [0.29, 0.717) is 11.4 Å². The number of carbonyl (C=O) groups is 1. The Kier molecular flexibility index (Phi) is 5.48. The third-order valence-corrected chi connectivity index (χ3v) is 6.98. The van der Waals surface area contributed by atoms with E-state index in [1.54, 1.807) is 24.3 Å². The molecule has 0 aliphatic carbocycles. The molecule has 0 saturated heterocycles. The molecule has 0 spiro atoms. The van der Waals surface area contributed by atoms with Gasteiger partial charge in [0.05, 0.1) is 10.6 Å². The van der Waals surface area contributed by atoms with Gasteiger partial charge in [-0.3, -0.25) is 9.10 Å². The lowest BCUT2D eigenvalue weighted by Crippen LogP contribution is -2.27. The van der Waals surface area contributed by atoms with Crippen LogP contribution in [-0.2, 0) is 10.0 Å². The molecular formula is C25H22N2O3S. The number of rotatable bonds is 5. The van der Waals surface area contributed by atoms with Crippen molar-refractivity contribution in [2.75, 3.05) is 16.7 Å². The zero-order valence-electron chi connectivity index (χ0n) is 17.2. The van der Waals surface area contributed by atoms with Crippen LogP contribution in [0.25, 0.3) is 10.8 Å². The largest absolute Gasteiger partial charge is 0.322 e. The smallest absolute Gasteiger partial charge is 0.264 e. The molecule has 0 unspecified atom stereocenters. The molecule has 0 bridgehead atoms. The predicted molar refractivity (Wildman–Crippen MR) is 125 cm³/mol. The molecule has 0 atom stereocenters. The van der Waals surface area contributed by atoms with Crippen LogP contribution in [0.1, 0.15) is 15.9 Å². The predicted octanol–water partition coefficient (Wildman–Crippen LogP) is 5.23. The lowest BCUT2D eigenvalue weighted by Gasteiger charge is -2.21. The molecule has 4 aromatic rings. The van der Waals surface area contributed by atoms with Crippen LogP contribution >= 0.6 is 0 Å². The van der Waals surface area contributed by atoms with Gasteiger partial charge in [0.15, 0.2) is 0 Å². The van der Waals surface area contributed by atoms with Crippen LogP contribution in [0.3, 0.4) is 0 Å². The minimum Gasteiger partial charge on any atom is -0.322 e. The first-order valence-corrected chi connectivity index (χ1v) is 11.2. The number of anilines is 2. The van der Waals surface area contributed by atoms with E-state index in [9.17, 15) is 13.2 Å². The van der Waals surface area contributed by atoms with E-state index in [1.807, 2.05) is 61.5 Å². The summed E-state index contributed by atoms with van der Waals surface area (Å²) < 4.78 is 27.6. The fourth-order valence-electron chi connectivity index (χ4n) is 3.47. The Morgan fingerprint density at radius 3 is 2.29 bits per heavy atom. The first-order chi connectivity index (χ1) is 14.9. The monoisotopic (exact) mass is 430 g/mol. The molecule has 4 rings (SSSR count). The van der Waals surface area contributed by atoms with Crippen LogP contribution in [0.5, 0.6) is 0 Å². The lowest BCUT2D eigenvalue weighted by molar-refractivity contribution is 0.102. The molecule has 156 valence electrons. The van der Waals surface area contributed by atoms with E-state index in [-0.39, 0.29) is 16.4 Å². The third kappa shape index (κ3) is 4.15. The second kappa shape index (κ2) is 8.24. The number of aryl methyl sites for hydroxylation is 1. The number of carbonyl (C=O) groups excluding carboxylic acids is 1. The fraction of sp³-hybridized carbons (Fsp3) is 0.0800. The minimum atomic E-state index is -3.82. The number of amides is 1. The number of para-hydroxylation sites is 1. The van der Waals surface area contributed by atoms with E-state index >= 15 is 0 Å². The highest BCUT2D eigenvalue weighted by Gasteiger charge is 2.23. The molecule has 0 heterocycles. The van der Waals surface area contributed by atoms with Gasteiger partial charge in [0.25, 0.3) is 15.9 Å². The van der Waals surface area contributed by atoms with Crippen LogP contribution in [0.2, 0.25) is 0 Å². The summed E-state index contributed by atoms with van der Waals surface area (Å²) in [7, 11) is -2.31. The van der Waals surface area contributed by atoms with Gasteiger partial charge in [-0.25, -0.2) is 8.42 Å². The first-order valence-electron chi connectivity index (χ1n) is 9.81. The summed E-state index contributed by atoms with van der Waals surface area (Å²) in [4.78, 5) is 12.9. The average Bonchev–Trinajstić information content (AvgIpc) is 2.79. The standard InChI is InChI=1S/C25H22N2O3S/c1-18-8-3-6-13-24(18)27(2)31(29,30)23-12-7-11-21(17-23)25(28)26-22-15-14-19-9-4-5-10-20(19)16-22/h3-17H,1-2H3,(H,26,28). The molecule has 1 N–H and O–H groups in total. The summed E-state index contributed by atoms with van der Waals surface area (Å²) in [6.45, 7) is 1.86. The van der Waals surface area contributed by atoms with Gasteiger partial charge in [-0.15, -0.1) is 0 Å². The van der Waals surface area contributed by atoms with Crippen LogP contribution in [-0.4, -0.2) is 21.4 Å². The maximum atomic E-state index is 13.2. The second-order valence-electron chi connectivity index (χ2n) is 7.30. The number of nitrogens with one attached hydrogen (secondary N) is 1. The summed E-state index contributed by atoms with van der Waals surface area (Å²) in [5.74, 6) is -0.370. The molecule has 31 heavy (non-hydrogen) atoms. The topological polar surface area (TPSA) is 66.5 Å². The van der Waals surface area contributed by atoms with Gasteiger partial charge in [0.2, 0.25) is 0 Å². The van der Waals surface area contributed by atoms with E-state index in [1.165, 1.54) is 23.5 Å². The Morgan fingerprint density at radius 2 is 1.52 bits per heavy atom. The molecular weight excluding hydrogens is 408 g/mol. The molecule has 0 radical (unpaired) electrons. The van der Waals surface area contributed by atoms with Crippen LogP contribution < -0.4 is 9.62 Å². The number of hydrogen-bond donors (Lipinski definition) is 1. The molecule has 0 aliphatic rings. The van der Waals surface area contributed by atoms with Crippen LogP contribution in [0.4, 0.5) is 11.4 Å². The maximum Gasteiger partial charge on any atom is 0.264 e. The first kappa shape index (κ1) is 20.6. The van der Waals surface area contributed by atoms with E-state index in [4.69, 9.17) is 0 Å². The maximum absolute atomic E-state index is 13.2. The number of nitrogens with zero attached hydrogens (tertiary/aromatic N) is 1. The fourth-order valence-corrected chi connectivity index (χ4v) is 4.78. The van der Waals surface area contributed by atoms with Gasteiger partial charge < -0.3 is 5.32 Å². The number of hydrogen-bond acceptors (Lipinski definition) is 3. The minimum absolute atomic E-state index is 0.0596. The normalized spacial score (nSPS) is 11.3.